The van der Waals surface area contributed by atoms with Crippen molar-refractivity contribution in [2.24, 2.45) is 248 Å². The zero-order valence-corrected chi connectivity index (χ0v) is 26.4. The lowest BCUT2D eigenvalue weighted by molar-refractivity contribution is -1.25. The molecular weight excluding hydrogens is 577 g/mol. The molecule has 35 rings (SSSR count). The third kappa shape index (κ3) is 0.317. The maximum atomic E-state index is 1.85. The van der Waals surface area contributed by atoms with Gasteiger partial charge in [0.05, 0.1) is 0 Å². The van der Waals surface area contributed by atoms with E-state index >= 15 is 0 Å². The monoisotopic (exact) mass is 604 g/mol. The zero-order valence-electron chi connectivity index (χ0n) is 26.4. The second kappa shape index (κ2) is 2.30. The first-order valence-electron chi connectivity index (χ1n) is 23.9. The van der Waals surface area contributed by atoms with Crippen LogP contribution in [-0.2, 0) is 0 Å². The molecule has 35 saturated carbocycles. The summed E-state index contributed by atoms with van der Waals surface area (Å²) in [6.45, 7) is 0. The molecular formula is C48H28. The first-order valence-corrected chi connectivity index (χ1v) is 23.9. The second-order valence-electron chi connectivity index (χ2n) is 31.3. The Kier molecular flexibility index (Phi) is 0.755. The fraction of sp³-hybridized carbons (Fsp3) is 1.00. The Bertz CT molecular complexity index is 2770. The molecule has 24 spiro atoms. The number of rotatable bonds is 0. The third-order valence-corrected chi connectivity index (χ3v) is 42.2. The van der Waals surface area contributed by atoms with Crippen LogP contribution in [0.15, 0.2) is 0 Å². The maximum Gasteiger partial charge on any atom is -0.000383 e. The lowest BCUT2D eigenvalue weighted by Crippen LogP contribution is -3.68. The van der Waals surface area contributed by atoms with Gasteiger partial charge >= 0.3 is 0 Å². The summed E-state index contributed by atoms with van der Waals surface area (Å²) in [4.78, 5) is 0. The van der Waals surface area contributed by atoms with Gasteiger partial charge in [-0.05, 0) is 274 Å². The van der Waals surface area contributed by atoms with Crippen LogP contribution < -0.4 is 0 Å². The van der Waals surface area contributed by atoms with E-state index in [0.717, 1.165) is 130 Å². The minimum Gasteiger partial charge on any atom is -0.0458 e. The van der Waals surface area contributed by atoms with E-state index in [9.17, 15) is 0 Å². The molecule has 0 bridgehead atoms. The van der Waals surface area contributed by atoms with Gasteiger partial charge in [-0.15, -0.1) is 0 Å². The van der Waals surface area contributed by atoms with Crippen LogP contribution in [0.1, 0.15) is 25.7 Å². The minimum atomic E-state index is 1.11. The molecule has 48 heavy (non-hydrogen) atoms. The van der Waals surface area contributed by atoms with E-state index in [0.29, 0.717) is 0 Å². The predicted molar refractivity (Wildman–Crippen MR) is 147 cm³/mol. The molecule has 0 saturated heterocycles. The van der Waals surface area contributed by atoms with Gasteiger partial charge in [0.1, 0.15) is 0 Å². The van der Waals surface area contributed by atoms with E-state index in [4.69, 9.17) is 0 Å². The Morgan fingerprint density at radius 2 is 0.375 bits per heavy atom. The van der Waals surface area contributed by atoms with E-state index < -0.39 is 0 Å². The average Bonchev–Trinajstić information content (AvgIpc) is 2.93. The standard InChI is InChI=1S/C48H28/c1-5-13-14-6-2-10-19-23-24-20-12-4-8-16-15-7-3-11-18-22-21-17-9(1)25(5)29(13)30(14)26(6,10)35(19)39(23)40(24)36(20)28(8,12)32(16)31(15)27(7,11)34(18)38(22)37(21)33(17,25)41(29)42(30,35)47(39)45(37,41)46(38)43(31,34)44(32,36)48(40,46)47/h5-24H,1-4H2. The van der Waals surface area contributed by atoms with Crippen molar-refractivity contribution in [1.82, 2.24) is 0 Å². The molecule has 35 fully saturated rings. The van der Waals surface area contributed by atoms with Crippen molar-refractivity contribution in [2.75, 3.05) is 0 Å². The second-order valence-corrected chi connectivity index (χ2v) is 31.3. The molecule has 0 aromatic rings. The Balaban J connectivity index is 0.892. The molecule has 35 aliphatic rings. The number of fused-ring (bicyclic) bond motifs is 16. The summed E-state index contributed by atoms with van der Waals surface area (Å²) in [5, 5.41) is 0. The molecule has 40 unspecified atom stereocenters. The van der Waals surface area contributed by atoms with Gasteiger partial charge in [0.25, 0.3) is 0 Å². The van der Waals surface area contributed by atoms with Crippen LogP contribution in [0.25, 0.3) is 0 Å². The molecule has 0 heterocycles. The summed E-state index contributed by atoms with van der Waals surface area (Å²) in [5.41, 5.74) is 27.3. The number of hydrogen-bond acceptors (Lipinski definition) is 0. The average molecular weight is 605 g/mol. The first kappa shape index (κ1) is 15.8. The molecule has 0 aromatic heterocycles. The molecule has 0 amide bonds. The summed E-state index contributed by atoms with van der Waals surface area (Å²) < 4.78 is 0. The summed E-state index contributed by atoms with van der Waals surface area (Å²) in [5.74, 6) is 28.0. The highest BCUT2D eigenvalue weighted by Crippen LogP contribution is 3.72. The predicted octanol–water partition coefficient (Wildman–Crippen LogP) is 4.02. The smallest absolute Gasteiger partial charge is 0.000383 e. The van der Waals surface area contributed by atoms with Crippen LogP contribution in [0.5, 0.6) is 0 Å². The number of hydrogen-bond donors (Lipinski definition) is 0. The highest BCUT2D eigenvalue weighted by Gasteiger charge is 3.71. The van der Waals surface area contributed by atoms with Gasteiger partial charge in [-0.3, -0.25) is 0 Å². The maximum absolute atomic E-state index is 1.85. The van der Waals surface area contributed by atoms with Gasteiger partial charge in [-0.25, -0.2) is 0 Å². The molecule has 0 radical (unpaired) electrons. The normalized spacial score (nSPS) is 143. The van der Waals surface area contributed by atoms with E-state index in [1.54, 1.807) is 0 Å². The van der Waals surface area contributed by atoms with Crippen LogP contribution in [0.4, 0.5) is 0 Å². The van der Waals surface area contributed by atoms with Crippen molar-refractivity contribution >= 4 is 0 Å². The SMILES string of the molecule is C1C2C3C4C5CC6C7C8C9C%10C%11CC%12C%13C%14C%15CC%16C%17C%18C%19C%20C1C21C32C43C56C74C85C96C%107C%12%11C%138C%149C%15%16C%17%10C%18%11C%19%12C%201C21C34C52C%121C%111C9%10C87C621. The lowest BCUT2D eigenvalue weighted by atomic mass is 8.33. The van der Waals surface area contributed by atoms with Crippen molar-refractivity contribution in [3.8, 4) is 0 Å². The van der Waals surface area contributed by atoms with Crippen molar-refractivity contribution in [3.05, 3.63) is 0 Å². The largest absolute Gasteiger partial charge is 0.0458 e. The summed E-state index contributed by atoms with van der Waals surface area (Å²) in [6.07, 6.45) is 7.40. The highest BCUT2D eigenvalue weighted by atomic mass is 15.7. The summed E-state index contributed by atoms with van der Waals surface area (Å²) in [6, 6.07) is 0. The van der Waals surface area contributed by atoms with Gasteiger partial charge in [-0.1, -0.05) is 0 Å². The zero-order chi connectivity index (χ0) is 26.4. The molecule has 0 N–H and O–H groups in total. The molecule has 0 aromatic carbocycles. The fourth-order valence-electron chi connectivity index (χ4n) is 54.0. The first-order chi connectivity index (χ1) is 23.9. The topological polar surface area (TPSA) is 0 Å². The molecule has 35 aliphatic carbocycles. The Labute approximate surface area is 273 Å². The van der Waals surface area contributed by atoms with E-state index in [2.05, 4.69) is 0 Å². The van der Waals surface area contributed by atoms with Gasteiger partial charge < -0.3 is 0 Å². The lowest BCUT2D eigenvalue weighted by Gasteiger charge is -3.69. The van der Waals surface area contributed by atoms with Crippen molar-refractivity contribution in [3.63, 3.8) is 0 Å². The van der Waals surface area contributed by atoms with E-state index in [-0.39, 0.29) is 0 Å². The van der Waals surface area contributed by atoms with E-state index in [1.807, 2.05) is 25.7 Å². The van der Waals surface area contributed by atoms with Gasteiger partial charge in [0.2, 0.25) is 0 Å². The summed E-state index contributed by atoms with van der Waals surface area (Å²) in [7, 11) is 0. The van der Waals surface area contributed by atoms with Crippen LogP contribution in [0, 0.1) is 248 Å². The molecule has 0 heteroatoms. The van der Waals surface area contributed by atoms with Crippen LogP contribution in [0.2, 0.25) is 0 Å². The van der Waals surface area contributed by atoms with Crippen molar-refractivity contribution < 1.29 is 0 Å². The third-order valence-electron chi connectivity index (χ3n) is 42.2. The minimum absolute atomic E-state index is 1.11. The van der Waals surface area contributed by atoms with Gasteiger partial charge in [0, 0.05) is 0 Å². The van der Waals surface area contributed by atoms with Crippen molar-refractivity contribution in [2.45, 2.75) is 25.7 Å². The Hall–Kier alpha value is 0. The van der Waals surface area contributed by atoms with Crippen molar-refractivity contribution in [1.29, 1.82) is 0 Å². The van der Waals surface area contributed by atoms with Crippen LogP contribution in [0.3, 0.4) is 0 Å². The molecule has 0 aliphatic heterocycles. The highest BCUT2D eigenvalue weighted by molar-refractivity contribution is 6.15. The Morgan fingerprint density at radius 3 is 0.604 bits per heavy atom. The van der Waals surface area contributed by atoms with E-state index in [1.165, 1.54) is 118 Å². The quantitative estimate of drug-likeness (QED) is 0.392. The molecule has 220 valence electrons. The van der Waals surface area contributed by atoms with Crippen LogP contribution >= 0.6 is 0 Å². The summed E-state index contributed by atoms with van der Waals surface area (Å²) >= 11 is 0. The van der Waals surface area contributed by atoms with Gasteiger partial charge in [0.15, 0.2) is 0 Å². The fourth-order valence-corrected chi connectivity index (χ4v) is 54.0. The molecule has 0 nitrogen and oxygen atoms in total. The van der Waals surface area contributed by atoms with Gasteiger partial charge in [-0.2, -0.15) is 0 Å². The Morgan fingerprint density at radius 1 is 0.188 bits per heavy atom. The van der Waals surface area contributed by atoms with Crippen LogP contribution in [-0.4, -0.2) is 0 Å². The molecule has 40 atom stereocenters.